The Morgan fingerprint density at radius 2 is 2.18 bits per heavy atom. The van der Waals surface area contributed by atoms with Crippen LogP contribution >= 0.6 is 0 Å². The predicted octanol–water partition coefficient (Wildman–Crippen LogP) is 0.362. The average molecular weight is 242 g/mol. The van der Waals surface area contributed by atoms with Crippen LogP contribution < -0.4 is 5.73 Å². The number of hydrogen-bond donors (Lipinski definition) is 1. The summed E-state index contributed by atoms with van der Waals surface area (Å²) in [5.74, 6) is 0.670. The zero-order chi connectivity index (χ0) is 13.1. The van der Waals surface area contributed by atoms with E-state index in [9.17, 15) is 0 Å². The van der Waals surface area contributed by atoms with E-state index in [0.717, 1.165) is 26.1 Å². The van der Waals surface area contributed by atoms with Crippen molar-refractivity contribution in [1.29, 1.82) is 0 Å². The molecule has 0 spiro atoms. The number of guanidine groups is 1. The summed E-state index contributed by atoms with van der Waals surface area (Å²) in [7, 11) is 5.89. The molecule has 5 nitrogen and oxygen atoms in total. The topological polar surface area (TPSA) is 54.1 Å². The Balaban J connectivity index is 2.55. The standard InChI is InChI=1S/C12H26N4O/c1-12(2,17-5)8-10-9-14-11(13)16(10)7-6-15(3)4/h10H,6-9H2,1-5H3,(H2,13,14). The van der Waals surface area contributed by atoms with E-state index in [-0.39, 0.29) is 5.60 Å². The third-order valence-electron chi connectivity index (χ3n) is 3.27. The van der Waals surface area contributed by atoms with Crippen LogP contribution in [0.2, 0.25) is 0 Å². The van der Waals surface area contributed by atoms with Gasteiger partial charge in [-0.05, 0) is 34.4 Å². The smallest absolute Gasteiger partial charge is 0.191 e. The highest BCUT2D eigenvalue weighted by molar-refractivity contribution is 5.80. The largest absolute Gasteiger partial charge is 0.379 e. The number of likely N-dealkylation sites (N-methyl/N-ethyl adjacent to an activating group) is 1. The van der Waals surface area contributed by atoms with Gasteiger partial charge in [0.25, 0.3) is 0 Å². The van der Waals surface area contributed by atoms with E-state index < -0.39 is 0 Å². The molecular weight excluding hydrogens is 216 g/mol. The van der Waals surface area contributed by atoms with Crippen LogP contribution in [0.4, 0.5) is 0 Å². The Morgan fingerprint density at radius 1 is 1.53 bits per heavy atom. The summed E-state index contributed by atoms with van der Waals surface area (Å²) in [6.45, 7) is 6.90. The molecular formula is C12H26N4O. The van der Waals surface area contributed by atoms with Crippen molar-refractivity contribution in [2.45, 2.75) is 31.9 Å². The monoisotopic (exact) mass is 242 g/mol. The highest BCUT2D eigenvalue weighted by Crippen LogP contribution is 2.22. The molecule has 1 atom stereocenters. The molecule has 0 aromatic rings. The number of nitrogens with zero attached hydrogens (tertiary/aromatic N) is 3. The first-order valence-corrected chi connectivity index (χ1v) is 6.12. The van der Waals surface area contributed by atoms with Crippen LogP contribution in [0.1, 0.15) is 20.3 Å². The number of ether oxygens (including phenoxy) is 1. The minimum absolute atomic E-state index is 0.124. The molecule has 0 bridgehead atoms. The summed E-state index contributed by atoms with van der Waals surface area (Å²) in [5, 5.41) is 0. The van der Waals surface area contributed by atoms with Crippen molar-refractivity contribution in [3.8, 4) is 0 Å². The first kappa shape index (κ1) is 14.3. The Bertz CT molecular complexity index is 276. The maximum atomic E-state index is 5.93. The molecule has 0 aliphatic carbocycles. The van der Waals surface area contributed by atoms with Crippen molar-refractivity contribution in [2.24, 2.45) is 10.7 Å². The van der Waals surface area contributed by atoms with Crippen LogP contribution in [0.5, 0.6) is 0 Å². The lowest BCUT2D eigenvalue weighted by molar-refractivity contribution is 0.00118. The molecule has 0 saturated carbocycles. The van der Waals surface area contributed by atoms with Gasteiger partial charge >= 0.3 is 0 Å². The SMILES string of the molecule is COC(C)(C)CC1CN=C(N)N1CCN(C)C. The number of rotatable bonds is 6. The van der Waals surface area contributed by atoms with Crippen molar-refractivity contribution in [2.75, 3.05) is 40.8 Å². The van der Waals surface area contributed by atoms with Crippen LogP contribution in [0, 0.1) is 0 Å². The lowest BCUT2D eigenvalue weighted by Gasteiger charge is -2.33. The third-order valence-corrected chi connectivity index (χ3v) is 3.27. The summed E-state index contributed by atoms with van der Waals surface area (Å²) in [5.41, 5.74) is 5.81. The Hall–Kier alpha value is -0.810. The molecule has 0 amide bonds. The molecule has 5 heteroatoms. The van der Waals surface area contributed by atoms with E-state index >= 15 is 0 Å². The predicted molar refractivity (Wildman–Crippen MR) is 71.2 cm³/mol. The van der Waals surface area contributed by atoms with Crippen LogP contribution in [-0.2, 0) is 4.74 Å². The average Bonchev–Trinajstić information content (AvgIpc) is 2.56. The lowest BCUT2D eigenvalue weighted by atomic mass is 9.98. The van der Waals surface area contributed by atoms with Crippen molar-refractivity contribution in [3.63, 3.8) is 0 Å². The fourth-order valence-electron chi connectivity index (χ4n) is 2.01. The number of nitrogens with two attached hydrogens (primary N) is 1. The summed E-state index contributed by atoms with van der Waals surface area (Å²) in [6, 6.07) is 0.366. The first-order valence-electron chi connectivity index (χ1n) is 6.12. The van der Waals surface area contributed by atoms with Gasteiger partial charge in [-0.1, -0.05) is 0 Å². The molecule has 2 N–H and O–H groups in total. The number of methoxy groups -OCH3 is 1. The first-order chi connectivity index (χ1) is 7.85. The molecule has 0 saturated heterocycles. The van der Waals surface area contributed by atoms with Crippen molar-refractivity contribution >= 4 is 5.96 Å². The molecule has 17 heavy (non-hydrogen) atoms. The summed E-state index contributed by atoms with van der Waals surface area (Å²) < 4.78 is 5.48. The van der Waals surface area contributed by atoms with Crippen LogP contribution in [0.15, 0.2) is 4.99 Å². The molecule has 1 heterocycles. The zero-order valence-corrected chi connectivity index (χ0v) is 11.7. The summed E-state index contributed by atoms with van der Waals surface area (Å²) in [6.07, 6.45) is 0.946. The van der Waals surface area contributed by atoms with E-state index in [1.54, 1.807) is 7.11 Å². The quantitative estimate of drug-likeness (QED) is 0.731. The lowest BCUT2D eigenvalue weighted by Crippen LogP contribution is -2.46. The van der Waals surface area contributed by atoms with Crippen LogP contribution in [0.25, 0.3) is 0 Å². The van der Waals surface area contributed by atoms with Gasteiger partial charge in [0, 0.05) is 20.2 Å². The van der Waals surface area contributed by atoms with Gasteiger partial charge in [0.05, 0.1) is 18.2 Å². The van der Waals surface area contributed by atoms with Crippen LogP contribution in [-0.4, -0.2) is 68.2 Å². The summed E-state index contributed by atoms with van der Waals surface area (Å²) >= 11 is 0. The van der Waals surface area contributed by atoms with Gasteiger partial charge in [-0.2, -0.15) is 0 Å². The molecule has 1 aliphatic rings. The third kappa shape index (κ3) is 4.16. The van der Waals surface area contributed by atoms with Crippen molar-refractivity contribution < 1.29 is 4.74 Å². The minimum atomic E-state index is -0.124. The molecule has 0 fully saturated rings. The van der Waals surface area contributed by atoms with E-state index in [1.807, 2.05) is 0 Å². The molecule has 100 valence electrons. The maximum Gasteiger partial charge on any atom is 0.191 e. The fraction of sp³-hybridized carbons (Fsp3) is 0.917. The molecule has 0 radical (unpaired) electrons. The second-order valence-electron chi connectivity index (χ2n) is 5.52. The van der Waals surface area contributed by atoms with Gasteiger partial charge in [0.1, 0.15) is 0 Å². The van der Waals surface area contributed by atoms with E-state index in [4.69, 9.17) is 10.5 Å². The highest BCUT2D eigenvalue weighted by atomic mass is 16.5. The Morgan fingerprint density at radius 3 is 2.71 bits per heavy atom. The van der Waals surface area contributed by atoms with Gasteiger partial charge in [0.2, 0.25) is 0 Å². The van der Waals surface area contributed by atoms with E-state index in [0.29, 0.717) is 12.0 Å². The highest BCUT2D eigenvalue weighted by Gasteiger charge is 2.31. The second-order valence-corrected chi connectivity index (χ2v) is 5.52. The van der Waals surface area contributed by atoms with Crippen molar-refractivity contribution in [3.05, 3.63) is 0 Å². The number of aliphatic imine (C=N–C) groups is 1. The van der Waals surface area contributed by atoms with Gasteiger partial charge in [-0.3, -0.25) is 4.99 Å². The van der Waals surface area contributed by atoms with Gasteiger partial charge in [0.15, 0.2) is 5.96 Å². The van der Waals surface area contributed by atoms with Gasteiger partial charge < -0.3 is 20.3 Å². The minimum Gasteiger partial charge on any atom is -0.379 e. The van der Waals surface area contributed by atoms with Crippen LogP contribution in [0.3, 0.4) is 0 Å². The summed E-state index contributed by atoms with van der Waals surface area (Å²) in [4.78, 5) is 8.69. The van der Waals surface area contributed by atoms with E-state index in [2.05, 4.69) is 42.7 Å². The van der Waals surface area contributed by atoms with Gasteiger partial charge in [-0.25, -0.2) is 0 Å². The maximum absolute atomic E-state index is 5.93. The fourth-order valence-corrected chi connectivity index (χ4v) is 2.01. The molecule has 1 rings (SSSR count). The van der Waals surface area contributed by atoms with E-state index in [1.165, 1.54) is 0 Å². The zero-order valence-electron chi connectivity index (χ0n) is 11.7. The number of hydrogen-bond acceptors (Lipinski definition) is 5. The molecule has 0 aromatic heterocycles. The second kappa shape index (κ2) is 5.69. The molecule has 1 aliphatic heterocycles. The molecule has 1 unspecified atom stereocenters. The van der Waals surface area contributed by atoms with Gasteiger partial charge in [-0.15, -0.1) is 0 Å². The van der Waals surface area contributed by atoms with Crippen molar-refractivity contribution in [1.82, 2.24) is 9.80 Å². The Labute approximate surface area is 105 Å². The normalized spacial score (nSPS) is 21.2. The Kier molecular flexibility index (Phi) is 4.77. The molecule has 0 aromatic carbocycles.